The minimum absolute atomic E-state index is 0.102. The number of carbonyl (C=O) groups is 2. The number of benzene rings is 1. The molecule has 0 spiro atoms. The highest BCUT2D eigenvalue weighted by atomic mass is 32.2. The van der Waals surface area contributed by atoms with Crippen molar-refractivity contribution >= 4 is 21.8 Å². The highest BCUT2D eigenvalue weighted by molar-refractivity contribution is 7.89. The summed E-state index contributed by atoms with van der Waals surface area (Å²) in [7, 11) is 0.0996. The largest absolute Gasteiger partial charge is 0.359 e. The van der Waals surface area contributed by atoms with Crippen molar-refractivity contribution in [2.24, 2.45) is 0 Å². The van der Waals surface area contributed by atoms with Crippen LogP contribution in [0.1, 0.15) is 12.0 Å². The molecule has 0 saturated carbocycles. The SMILES string of the molecule is Cc1ccc(S(=O)(=O)N2CCO[C@H]2CNC(=O)C(=O)NCCCN(C)C)cc1. The van der Waals surface area contributed by atoms with Crippen LogP contribution in [-0.2, 0) is 24.3 Å². The van der Waals surface area contributed by atoms with Gasteiger partial charge in [0.25, 0.3) is 0 Å². The molecule has 1 fully saturated rings. The molecule has 1 aliphatic heterocycles. The molecule has 28 heavy (non-hydrogen) atoms. The zero-order valence-electron chi connectivity index (χ0n) is 16.5. The van der Waals surface area contributed by atoms with Gasteiger partial charge in [-0.3, -0.25) is 9.59 Å². The van der Waals surface area contributed by atoms with Gasteiger partial charge in [0, 0.05) is 13.1 Å². The van der Waals surface area contributed by atoms with Crippen molar-refractivity contribution in [2.75, 3.05) is 46.9 Å². The van der Waals surface area contributed by atoms with Crippen molar-refractivity contribution in [3.8, 4) is 0 Å². The zero-order chi connectivity index (χ0) is 20.7. The number of aryl methyl sites for hydroxylation is 1. The van der Waals surface area contributed by atoms with E-state index in [2.05, 4.69) is 10.6 Å². The van der Waals surface area contributed by atoms with Gasteiger partial charge in [0.15, 0.2) is 0 Å². The first-order valence-electron chi connectivity index (χ1n) is 9.12. The minimum Gasteiger partial charge on any atom is -0.359 e. The van der Waals surface area contributed by atoms with Gasteiger partial charge in [-0.15, -0.1) is 0 Å². The lowest BCUT2D eigenvalue weighted by molar-refractivity contribution is -0.139. The van der Waals surface area contributed by atoms with Crippen LogP contribution in [0.5, 0.6) is 0 Å². The molecule has 2 amide bonds. The van der Waals surface area contributed by atoms with E-state index in [-0.39, 0.29) is 24.6 Å². The van der Waals surface area contributed by atoms with Crippen LogP contribution < -0.4 is 10.6 Å². The molecular formula is C18H28N4O5S. The van der Waals surface area contributed by atoms with Gasteiger partial charge in [-0.05, 0) is 46.1 Å². The quantitative estimate of drug-likeness (QED) is 0.441. The average molecular weight is 413 g/mol. The van der Waals surface area contributed by atoms with Crippen molar-refractivity contribution in [3.63, 3.8) is 0 Å². The molecule has 10 heteroatoms. The lowest BCUT2D eigenvalue weighted by atomic mass is 10.2. The Hall–Kier alpha value is -2.01. The third kappa shape index (κ3) is 5.99. The van der Waals surface area contributed by atoms with Gasteiger partial charge in [-0.25, -0.2) is 8.42 Å². The second-order valence-electron chi connectivity index (χ2n) is 6.88. The summed E-state index contributed by atoms with van der Waals surface area (Å²) in [5.41, 5.74) is 0.956. The highest BCUT2D eigenvalue weighted by Crippen LogP contribution is 2.22. The summed E-state index contributed by atoms with van der Waals surface area (Å²) in [5.74, 6) is -1.56. The summed E-state index contributed by atoms with van der Waals surface area (Å²) in [6.07, 6.45) is -0.128. The van der Waals surface area contributed by atoms with Crippen LogP contribution in [0.4, 0.5) is 0 Å². The number of hydrogen-bond acceptors (Lipinski definition) is 6. The summed E-state index contributed by atoms with van der Waals surface area (Å²) in [4.78, 5) is 25.9. The molecule has 9 nitrogen and oxygen atoms in total. The van der Waals surface area contributed by atoms with Crippen LogP contribution in [-0.4, -0.2) is 82.5 Å². The summed E-state index contributed by atoms with van der Waals surface area (Å²) >= 11 is 0. The Labute approximate surface area is 166 Å². The van der Waals surface area contributed by atoms with Gasteiger partial charge in [-0.1, -0.05) is 17.7 Å². The highest BCUT2D eigenvalue weighted by Gasteiger charge is 2.36. The van der Waals surface area contributed by atoms with Crippen LogP contribution in [0.3, 0.4) is 0 Å². The van der Waals surface area contributed by atoms with Gasteiger partial charge in [0.05, 0.1) is 18.0 Å². The average Bonchev–Trinajstić information content (AvgIpc) is 3.12. The first-order valence-corrected chi connectivity index (χ1v) is 10.6. The maximum atomic E-state index is 12.8. The summed E-state index contributed by atoms with van der Waals surface area (Å²) in [5, 5.41) is 4.98. The fourth-order valence-electron chi connectivity index (χ4n) is 2.72. The molecule has 0 radical (unpaired) electrons. The Bertz CT molecular complexity index is 780. The van der Waals surface area contributed by atoms with E-state index >= 15 is 0 Å². The number of amides is 2. The molecule has 1 aromatic rings. The number of rotatable bonds is 8. The predicted molar refractivity (Wildman–Crippen MR) is 104 cm³/mol. The number of nitrogens with one attached hydrogen (secondary N) is 2. The van der Waals surface area contributed by atoms with Crippen molar-refractivity contribution in [1.29, 1.82) is 0 Å². The molecular weight excluding hydrogens is 384 g/mol. The third-order valence-electron chi connectivity index (χ3n) is 4.28. The Morgan fingerprint density at radius 2 is 1.82 bits per heavy atom. The fourth-order valence-corrected chi connectivity index (χ4v) is 4.24. The predicted octanol–water partition coefficient (Wildman–Crippen LogP) is -0.474. The van der Waals surface area contributed by atoms with Gasteiger partial charge in [0.2, 0.25) is 10.0 Å². The molecule has 2 rings (SSSR count). The van der Waals surface area contributed by atoms with Crippen LogP contribution in [0.2, 0.25) is 0 Å². The smallest absolute Gasteiger partial charge is 0.309 e. The Morgan fingerprint density at radius 3 is 2.46 bits per heavy atom. The van der Waals surface area contributed by atoms with E-state index in [4.69, 9.17) is 4.74 Å². The molecule has 1 atom stereocenters. The van der Waals surface area contributed by atoms with Gasteiger partial charge in [0.1, 0.15) is 6.23 Å². The lowest BCUT2D eigenvalue weighted by Gasteiger charge is -2.23. The Balaban J connectivity index is 1.88. The molecule has 2 N–H and O–H groups in total. The molecule has 156 valence electrons. The standard InChI is InChI=1S/C18H28N4O5S/c1-14-5-7-15(8-6-14)28(25,26)22-11-12-27-16(22)13-20-18(24)17(23)19-9-4-10-21(2)3/h5-8,16H,4,9-13H2,1-3H3,(H,19,23)(H,20,24)/t16-/m0/s1. The number of nitrogens with zero attached hydrogens (tertiary/aromatic N) is 2. The topological polar surface area (TPSA) is 108 Å². The summed E-state index contributed by atoms with van der Waals surface area (Å²) < 4.78 is 32.3. The lowest BCUT2D eigenvalue weighted by Crippen LogP contribution is -2.47. The number of carbonyl (C=O) groups excluding carboxylic acids is 2. The fraction of sp³-hybridized carbons (Fsp3) is 0.556. The zero-order valence-corrected chi connectivity index (χ0v) is 17.3. The molecule has 0 bridgehead atoms. The van der Waals surface area contributed by atoms with Crippen LogP contribution in [0, 0.1) is 6.92 Å². The van der Waals surface area contributed by atoms with E-state index in [1.54, 1.807) is 24.3 Å². The van der Waals surface area contributed by atoms with Crippen LogP contribution in [0.15, 0.2) is 29.2 Å². The first-order chi connectivity index (χ1) is 13.2. The molecule has 0 aromatic heterocycles. The van der Waals surface area contributed by atoms with E-state index in [0.29, 0.717) is 6.54 Å². The second-order valence-corrected chi connectivity index (χ2v) is 8.77. The number of sulfonamides is 1. The number of ether oxygens (including phenoxy) is 1. The molecule has 1 heterocycles. The van der Waals surface area contributed by atoms with Crippen LogP contribution >= 0.6 is 0 Å². The molecule has 1 aliphatic rings. The molecule has 0 unspecified atom stereocenters. The maximum Gasteiger partial charge on any atom is 0.309 e. The monoisotopic (exact) mass is 412 g/mol. The molecule has 1 aromatic carbocycles. The van der Waals surface area contributed by atoms with E-state index in [9.17, 15) is 18.0 Å². The van der Waals surface area contributed by atoms with E-state index in [1.165, 1.54) is 4.31 Å². The molecule has 0 aliphatic carbocycles. The van der Waals surface area contributed by atoms with Crippen LogP contribution in [0.25, 0.3) is 0 Å². The molecule has 1 saturated heterocycles. The van der Waals surface area contributed by atoms with Gasteiger partial charge in [-0.2, -0.15) is 4.31 Å². The van der Waals surface area contributed by atoms with Crippen molar-refractivity contribution in [3.05, 3.63) is 29.8 Å². The van der Waals surface area contributed by atoms with Crippen molar-refractivity contribution < 1.29 is 22.7 Å². The summed E-state index contributed by atoms with van der Waals surface area (Å²) in [6.45, 7) is 3.37. The Kier molecular flexibility index (Phi) is 7.93. The van der Waals surface area contributed by atoms with Crippen molar-refractivity contribution in [1.82, 2.24) is 19.8 Å². The first kappa shape index (κ1) is 22.3. The summed E-state index contributed by atoms with van der Waals surface area (Å²) in [6, 6.07) is 6.53. The van der Waals surface area contributed by atoms with E-state index < -0.39 is 28.1 Å². The number of hydrogen-bond donors (Lipinski definition) is 2. The minimum atomic E-state index is -3.75. The maximum absolute atomic E-state index is 12.8. The van der Waals surface area contributed by atoms with E-state index in [1.807, 2.05) is 25.9 Å². The van der Waals surface area contributed by atoms with E-state index in [0.717, 1.165) is 18.5 Å². The van der Waals surface area contributed by atoms with Crippen molar-refractivity contribution in [2.45, 2.75) is 24.5 Å². The van der Waals surface area contributed by atoms with Gasteiger partial charge >= 0.3 is 11.8 Å². The Morgan fingerprint density at radius 1 is 1.18 bits per heavy atom. The third-order valence-corrected chi connectivity index (χ3v) is 6.18. The normalized spacial score (nSPS) is 17.6. The van der Waals surface area contributed by atoms with Gasteiger partial charge < -0.3 is 20.3 Å². The second kappa shape index (κ2) is 9.97.